The van der Waals surface area contributed by atoms with Crippen LogP contribution in [0.4, 0.5) is 0 Å². The molecule has 0 bridgehead atoms. The molecule has 1 aliphatic heterocycles. The van der Waals surface area contributed by atoms with Crippen LogP contribution in [-0.4, -0.2) is 23.3 Å². The van der Waals surface area contributed by atoms with E-state index in [1.54, 1.807) is 6.08 Å². The van der Waals surface area contributed by atoms with Crippen LogP contribution in [-0.2, 0) is 0 Å². The van der Waals surface area contributed by atoms with Crippen LogP contribution in [0.2, 0.25) is 0 Å². The van der Waals surface area contributed by atoms with Crippen LogP contribution in [0.1, 0.15) is 13.3 Å². The van der Waals surface area contributed by atoms with Crippen LogP contribution in [0.3, 0.4) is 0 Å². The van der Waals surface area contributed by atoms with Crippen molar-refractivity contribution >= 4 is 0 Å². The first-order valence-electron chi connectivity index (χ1n) is 4.38. The van der Waals surface area contributed by atoms with Crippen LogP contribution in [0.25, 0.3) is 0 Å². The van der Waals surface area contributed by atoms with Crippen molar-refractivity contribution in [3.05, 3.63) is 25.3 Å². The molecular weight excluding hydrogens is 150 g/mol. The van der Waals surface area contributed by atoms with Gasteiger partial charge in [-0.2, -0.15) is 0 Å². The average Bonchev–Trinajstić information content (AvgIpc) is 2.03. The highest BCUT2D eigenvalue weighted by Crippen LogP contribution is 2.21. The van der Waals surface area contributed by atoms with Crippen LogP contribution in [0, 0.1) is 5.92 Å². The minimum Gasteiger partial charge on any atom is -0.392 e. The lowest BCUT2D eigenvalue weighted by atomic mass is 9.85. The summed E-state index contributed by atoms with van der Waals surface area (Å²) in [4.78, 5) is 0. The molecule has 0 spiro atoms. The fraction of sp³-hybridized carbons (Fsp3) is 0.600. The summed E-state index contributed by atoms with van der Waals surface area (Å²) in [5.41, 5.74) is 0. The van der Waals surface area contributed by atoms with Gasteiger partial charge in [-0.3, -0.25) is 0 Å². The molecule has 68 valence electrons. The van der Waals surface area contributed by atoms with Crippen molar-refractivity contribution in [2.24, 2.45) is 5.92 Å². The van der Waals surface area contributed by atoms with Gasteiger partial charge in [0.15, 0.2) is 0 Å². The molecule has 1 saturated heterocycles. The molecule has 3 unspecified atom stereocenters. The lowest BCUT2D eigenvalue weighted by Crippen LogP contribution is -2.51. The van der Waals surface area contributed by atoms with E-state index in [2.05, 4.69) is 25.4 Å². The van der Waals surface area contributed by atoms with Crippen molar-refractivity contribution in [3.8, 4) is 0 Å². The SMILES string of the molecule is C=CC1NC(C)CC(O)[C@H]1C=C. The Labute approximate surface area is 74.0 Å². The zero-order chi connectivity index (χ0) is 9.14. The quantitative estimate of drug-likeness (QED) is 0.603. The third-order valence-electron chi connectivity index (χ3n) is 2.46. The first-order valence-corrected chi connectivity index (χ1v) is 4.38. The molecule has 0 amide bonds. The number of hydrogen-bond donors (Lipinski definition) is 2. The molecule has 4 atom stereocenters. The van der Waals surface area contributed by atoms with Crippen molar-refractivity contribution in [2.45, 2.75) is 31.5 Å². The van der Waals surface area contributed by atoms with Crippen molar-refractivity contribution in [2.75, 3.05) is 0 Å². The number of nitrogens with one attached hydrogen (secondary N) is 1. The van der Waals surface area contributed by atoms with Crippen molar-refractivity contribution in [1.29, 1.82) is 0 Å². The summed E-state index contributed by atoms with van der Waals surface area (Å²) < 4.78 is 0. The molecule has 0 aliphatic carbocycles. The van der Waals surface area contributed by atoms with E-state index < -0.39 is 0 Å². The number of piperidine rings is 1. The third kappa shape index (κ3) is 1.76. The molecule has 0 saturated carbocycles. The minimum absolute atomic E-state index is 0.110. The van der Waals surface area contributed by atoms with Gasteiger partial charge < -0.3 is 10.4 Å². The smallest absolute Gasteiger partial charge is 0.0635 e. The number of hydrogen-bond acceptors (Lipinski definition) is 2. The van der Waals surface area contributed by atoms with Gasteiger partial charge in [0.2, 0.25) is 0 Å². The molecule has 1 heterocycles. The molecule has 0 aromatic heterocycles. The summed E-state index contributed by atoms with van der Waals surface area (Å²) in [7, 11) is 0. The predicted molar refractivity (Wildman–Crippen MR) is 50.9 cm³/mol. The van der Waals surface area contributed by atoms with Crippen LogP contribution in [0.15, 0.2) is 25.3 Å². The van der Waals surface area contributed by atoms with Gasteiger partial charge in [0.25, 0.3) is 0 Å². The molecule has 2 nitrogen and oxygen atoms in total. The highest BCUT2D eigenvalue weighted by Gasteiger charge is 2.30. The maximum absolute atomic E-state index is 9.68. The Morgan fingerprint density at radius 2 is 2.08 bits per heavy atom. The Bertz CT molecular complexity index is 179. The first-order chi connectivity index (χ1) is 5.69. The second-order valence-corrected chi connectivity index (χ2v) is 3.45. The Morgan fingerprint density at radius 1 is 1.42 bits per heavy atom. The van der Waals surface area contributed by atoms with Gasteiger partial charge in [0.1, 0.15) is 0 Å². The van der Waals surface area contributed by atoms with Gasteiger partial charge in [-0.1, -0.05) is 12.2 Å². The molecular formula is C10H17NO. The Kier molecular flexibility index (Phi) is 3.06. The summed E-state index contributed by atoms with van der Waals surface area (Å²) in [6, 6.07) is 0.528. The van der Waals surface area contributed by atoms with Crippen LogP contribution < -0.4 is 5.32 Å². The molecule has 1 aliphatic rings. The summed E-state index contributed by atoms with van der Waals surface area (Å²) in [6.07, 6.45) is 4.16. The van der Waals surface area contributed by atoms with Gasteiger partial charge in [0, 0.05) is 18.0 Å². The molecule has 2 N–H and O–H groups in total. The zero-order valence-electron chi connectivity index (χ0n) is 7.53. The topological polar surface area (TPSA) is 32.3 Å². The first kappa shape index (κ1) is 9.49. The van der Waals surface area contributed by atoms with Crippen LogP contribution >= 0.6 is 0 Å². The average molecular weight is 167 g/mol. The van der Waals surface area contributed by atoms with Crippen molar-refractivity contribution < 1.29 is 5.11 Å². The number of aliphatic hydroxyl groups excluding tert-OH is 1. The highest BCUT2D eigenvalue weighted by molar-refractivity contribution is 5.05. The van der Waals surface area contributed by atoms with E-state index in [1.807, 2.05) is 6.08 Å². The summed E-state index contributed by atoms with van der Waals surface area (Å²) in [5, 5.41) is 13.0. The molecule has 0 aromatic carbocycles. The van der Waals surface area contributed by atoms with Gasteiger partial charge in [-0.15, -0.1) is 13.2 Å². The standard InChI is InChI=1S/C10H17NO/c1-4-8-9(5-2)11-7(3)6-10(8)12/h4-5,7-12H,1-2,6H2,3H3/t7?,8-,9?,10?/m0/s1. The highest BCUT2D eigenvalue weighted by atomic mass is 16.3. The van der Waals surface area contributed by atoms with Gasteiger partial charge in [-0.05, 0) is 13.3 Å². The maximum atomic E-state index is 9.68. The van der Waals surface area contributed by atoms with E-state index in [4.69, 9.17) is 0 Å². The largest absolute Gasteiger partial charge is 0.392 e. The Morgan fingerprint density at radius 3 is 2.58 bits per heavy atom. The van der Waals surface area contributed by atoms with Crippen molar-refractivity contribution in [1.82, 2.24) is 5.32 Å². The minimum atomic E-state index is -0.276. The lowest BCUT2D eigenvalue weighted by Gasteiger charge is -2.36. The molecule has 0 aromatic rings. The second-order valence-electron chi connectivity index (χ2n) is 3.45. The lowest BCUT2D eigenvalue weighted by molar-refractivity contribution is 0.0696. The molecule has 2 heteroatoms. The van der Waals surface area contributed by atoms with E-state index in [9.17, 15) is 5.11 Å². The van der Waals surface area contributed by atoms with E-state index in [-0.39, 0.29) is 18.1 Å². The van der Waals surface area contributed by atoms with Crippen LogP contribution in [0.5, 0.6) is 0 Å². The monoisotopic (exact) mass is 167 g/mol. The Balaban J connectivity index is 2.68. The number of aliphatic hydroxyl groups is 1. The van der Waals surface area contributed by atoms with E-state index >= 15 is 0 Å². The van der Waals surface area contributed by atoms with E-state index in [0.29, 0.717) is 6.04 Å². The zero-order valence-corrected chi connectivity index (χ0v) is 7.53. The number of rotatable bonds is 2. The summed E-state index contributed by atoms with van der Waals surface area (Å²) >= 11 is 0. The van der Waals surface area contributed by atoms with Gasteiger partial charge >= 0.3 is 0 Å². The maximum Gasteiger partial charge on any atom is 0.0635 e. The van der Waals surface area contributed by atoms with E-state index in [1.165, 1.54) is 0 Å². The fourth-order valence-electron chi connectivity index (χ4n) is 1.80. The molecule has 0 radical (unpaired) electrons. The van der Waals surface area contributed by atoms with Gasteiger partial charge in [0.05, 0.1) is 6.10 Å². The Hall–Kier alpha value is -0.600. The molecule has 1 rings (SSSR count). The fourth-order valence-corrected chi connectivity index (χ4v) is 1.80. The molecule has 1 fully saturated rings. The summed E-state index contributed by atoms with van der Waals surface area (Å²) in [5.74, 6) is 0.110. The normalized spacial score (nSPS) is 42.2. The molecule has 12 heavy (non-hydrogen) atoms. The predicted octanol–water partition coefficient (Wildman–Crippen LogP) is 1.09. The second kappa shape index (κ2) is 3.87. The van der Waals surface area contributed by atoms with Gasteiger partial charge in [-0.25, -0.2) is 0 Å². The van der Waals surface area contributed by atoms with E-state index in [0.717, 1.165) is 6.42 Å². The summed E-state index contributed by atoms with van der Waals surface area (Å²) in [6.45, 7) is 9.51. The third-order valence-corrected chi connectivity index (χ3v) is 2.46. The van der Waals surface area contributed by atoms with Crippen molar-refractivity contribution in [3.63, 3.8) is 0 Å².